The highest BCUT2D eigenvalue weighted by Gasteiger charge is 2.33. The first-order chi connectivity index (χ1) is 8.41. The summed E-state index contributed by atoms with van der Waals surface area (Å²) in [6.07, 6.45) is 2.12. The van der Waals surface area contributed by atoms with E-state index in [1.807, 2.05) is 12.1 Å². The van der Waals surface area contributed by atoms with Crippen LogP contribution >= 0.6 is 0 Å². The summed E-state index contributed by atoms with van der Waals surface area (Å²) in [6, 6.07) is 6.03. The fraction of sp³-hybridized carbons (Fsp3) is 0.533. The normalized spacial score (nSPS) is 21.2. The number of aliphatic carboxylic acids is 1. The third kappa shape index (κ3) is 2.66. The fourth-order valence-electron chi connectivity index (χ4n) is 3.00. The second-order valence-corrected chi connectivity index (χ2v) is 5.90. The van der Waals surface area contributed by atoms with Crippen molar-refractivity contribution in [1.82, 2.24) is 0 Å². The number of carboxylic acid groups (broad SMARTS) is 1. The van der Waals surface area contributed by atoms with Crippen molar-refractivity contribution in [1.29, 1.82) is 0 Å². The van der Waals surface area contributed by atoms with Gasteiger partial charge in [-0.25, -0.2) is 0 Å². The molecule has 98 valence electrons. The van der Waals surface area contributed by atoms with Crippen molar-refractivity contribution in [3.8, 4) is 5.75 Å². The Balaban J connectivity index is 2.40. The summed E-state index contributed by atoms with van der Waals surface area (Å²) in [4.78, 5) is 11.0. The first kappa shape index (κ1) is 12.9. The smallest absolute Gasteiger partial charge is 0.303 e. The lowest BCUT2D eigenvalue weighted by atomic mass is 9.68. The van der Waals surface area contributed by atoms with Crippen molar-refractivity contribution in [3.63, 3.8) is 0 Å². The Hall–Kier alpha value is -1.51. The van der Waals surface area contributed by atoms with Gasteiger partial charge in [-0.15, -0.1) is 0 Å². The van der Waals surface area contributed by atoms with Crippen LogP contribution in [0, 0.1) is 5.41 Å². The summed E-state index contributed by atoms with van der Waals surface area (Å²) in [5, 5.41) is 9.06. The number of carbonyl (C=O) groups is 1. The van der Waals surface area contributed by atoms with Crippen LogP contribution < -0.4 is 4.74 Å². The molecule has 0 aromatic heterocycles. The van der Waals surface area contributed by atoms with Gasteiger partial charge in [0, 0.05) is 0 Å². The zero-order valence-corrected chi connectivity index (χ0v) is 11.2. The van der Waals surface area contributed by atoms with Gasteiger partial charge in [-0.05, 0) is 47.4 Å². The van der Waals surface area contributed by atoms with E-state index in [9.17, 15) is 4.79 Å². The van der Waals surface area contributed by atoms with Crippen molar-refractivity contribution < 1.29 is 14.6 Å². The molecule has 1 aromatic carbocycles. The SMILES string of the molecule is COc1ccc2c(c1)C(CC(=O)O)CC(C)(C)C2. The summed E-state index contributed by atoms with van der Waals surface area (Å²) < 4.78 is 5.24. The molecule has 1 N–H and O–H groups in total. The highest BCUT2D eigenvalue weighted by Crippen LogP contribution is 2.44. The Labute approximate surface area is 108 Å². The number of methoxy groups -OCH3 is 1. The lowest BCUT2D eigenvalue weighted by Crippen LogP contribution is -2.27. The molecule has 0 saturated heterocycles. The molecule has 0 aliphatic heterocycles. The molecule has 0 radical (unpaired) electrons. The molecule has 0 heterocycles. The molecule has 0 spiro atoms. The van der Waals surface area contributed by atoms with Gasteiger partial charge in [-0.1, -0.05) is 19.9 Å². The molecule has 1 aliphatic rings. The largest absolute Gasteiger partial charge is 0.497 e. The molecule has 0 fully saturated rings. The van der Waals surface area contributed by atoms with Crippen LogP contribution in [0.2, 0.25) is 0 Å². The first-order valence-electron chi connectivity index (χ1n) is 6.30. The predicted octanol–water partition coefficient (Wildman–Crippen LogP) is 3.23. The minimum absolute atomic E-state index is 0.0938. The summed E-state index contributed by atoms with van der Waals surface area (Å²) in [5.74, 6) is 0.173. The minimum atomic E-state index is -0.730. The van der Waals surface area contributed by atoms with Crippen molar-refractivity contribution in [3.05, 3.63) is 29.3 Å². The average molecular weight is 248 g/mol. The van der Waals surface area contributed by atoms with Crippen LogP contribution in [-0.2, 0) is 11.2 Å². The summed E-state index contributed by atoms with van der Waals surface area (Å²) in [7, 11) is 1.64. The van der Waals surface area contributed by atoms with E-state index in [1.54, 1.807) is 7.11 Å². The monoisotopic (exact) mass is 248 g/mol. The number of benzene rings is 1. The molecule has 3 heteroatoms. The van der Waals surface area contributed by atoms with Crippen molar-refractivity contribution in [2.24, 2.45) is 5.41 Å². The van der Waals surface area contributed by atoms with Gasteiger partial charge in [0.05, 0.1) is 13.5 Å². The Bertz CT molecular complexity index is 463. The maximum absolute atomic E-state index is 11.0. The van der Waals surface area contributed by atoms with Gasteiger partial charge in [0.1, 0.15) is 5.75 Å². The maximum Gasteiger partial charge on any atom is 0.303 e. The average Bonchev–Trinajstić information content (AvgIpc) is 2.26. The number of carboxylic acids is 1. The molecular weight excluding hydrogens is 228 g/mol. The standard InChI is InChI=1S/C15H20O3/c1-15(2)8-10-4-5-12(18-3)7-13(10)11(9-15)6-14(16)17/h4-5,7,11H,6,8-9H2,1-3H3,(H,16,17). The van der Waals surface area contributed by atoms with Crippen LogP contribution in [0.3, 0.4) is 0 Å². The van der Waals surface area contributed by atoms with Crippen LogP contribution in [0.4, 0.5) is 0 Å². The van der Waals surface area contributed by atoms with Gasteiger partial charge in [0.2, 0.25) is 0 Å². The van der Waals surface area contributed by atoms with E-state index in [0.717, 1.165) is 24.2 Å². The van der Waals surface area contributed by atoms with Gasteiger partial charge >= 0.3 is 5.97 Å². The quantitative estimate of drug-likeness (QED) is 0.893. The molecule has 1 atom stereocenters. The molecule has 0 amide bonds. The fourth-order valence-corrected chi connectivity index (χ4v) is 3.00. The van der Waals surface area contributed by atoms with E-state index < -0.39 is 5.97 Å². The van der Waals surface area contributed by atoms with Crippen LogP contribution in [0.5, 0.6) is 5.75 Å². The number of hydrogen-bond acceptors (Lipinski definition) is 2. The van der Waals surface area contributed by atoms with Crippen LogP contribution in [0.1, 0.15) is 43.7 Å². The molecule has 1 aliphatic carbocycles. The van der Waals surface area contributed by atoms with Crippen molar-refractivity contribution in [2.45, 2.75) is 39.0 Å². The zero-order valence-electron chi connectivity index (χ0n) is 11.2. The van der Waals surface area contributed by atoms with Gasteiger partial charge < -0.3 is 9.84 Å². The highest BCUT2D eigenvalue weighted by molar-refractivity contribution is 5.68. The predicted molar refractivity (Wildman–Crippen MR) is 70.1 cm³/mol. The van der Waals surface area contributed by atoms with Gasteiger partial charge in [0.25, 0.3) is 0 Å². The third-order valence-electron chi connectivity index (χ3n) is 3.68. The minimum Gasteiger partial charge on any atom is -0.497 e. The van der Waals surface area contributed by atoms with E-state index in [0.29, 0.717) is 0 Å². The molecule has 2 rings (SSSR count). The number of rotatable bonds is 3. The van der Waals surface area contributed by atoms with Crippen molar-refractivity contribution >= 4 is 5.97 Å². The molecule has 1 unspecified atom stereocenters. The third-order valence-corrected chi connectivity index (χ3v) is 3.68. The van der Waals surface area contributed by atoms with Crippen LogP contribution in [0.25, 0.3) is 0 Å². The number of fused-ring (bicyclic) bond motifs is 1. The van der Waals surface area contributed by atoms with Gasteiger partial charge in [0.15, 0.2) is 0 Å². The van der Waals surface area contributed by atoms with Crippen LogP contribution in [-0.4, -0.2) is 18.2 Å². The van der Waals surface area contributed by atoms with E-state index in [-0.39, 0.29) is 17.8 Å². The molecule has 0 saturated carbocycles. The lowest BCUT2D eigenvalue weighted by molar-refractivity contribution is -0.137. The molecular formula is C15H20O3. The number of ether oxygens (including phenoxy) is 1. The Morgan fingerprint density at radius 3 is 2.83 bits per heavy atom. The number of hydrogen-bond donors (Lipinski definition) is 1. The highest BCUT2D eigenvalue weighted by atomic mass is 16.5. The second-order valence-electron chi connectivity index (χ2n) is 5.90. The second kappa shape index (κ2) is 4.63. The molecule has 0 bridgehead atoms. The van der Waals surface area contributed by atoms with E-state index in [2.05, 4.69) is 19.9 Å². The topological polar surface area (TPSA) is 46.5 Å². The lowest BCUT2D eigenvalue weighted by Gasteiger charge is -2.36. The van der Waals surface area contributed by atoms with E-state index >= 15 is 0 Å². The van der Waals surface area contributed by atoms with Gasteiger partial charge in [-0.2, -0.15) is 0 Å². The zero-order chi connectivity index (χ0) is 13.3. The van der Waals surface area contributed by atoms with E-state index in [1.165, 1.54) is 5.56 Å². The van der Waals surface area contributed by atoms with Crippen LogP contribution in [0.15, 0.2) is 18.2 Å². The Morgan fingerprint density at radius 1 is 1.50 bits per heavy atom. The van der Waals surface area contributed by atoms with Gasteiger partial charge in [-0.3, -0.25) is 4.79 Å². The first-order valence-corrected chi connectivity index (χ1v) is 6.30. The Morgan fingerprint density at radius 2 is 2.22 bits per heavy atom. The molecule has 1 aromatic rings. The maximum atomic E-state index is 11.0. The Kier molecular flexibility index (Phi) is 3.33. The summed E-state index contributed by atoms with van der Waals surface area (Å²) >= 11 is 0. The summed E-state index contributed by atoms with van der Waals surface area (Å²) in [5.41, 5.74) is 2.58. The van der Waals surface area contributed by atoms with Crippen molar-refractivity contribution in [2.75, 3.05) is 7.11 Å². The molecule has 3 nitrogen and oxygen atoms in total. The molecule has 18 heavy (non-hydrogen) atoms. The summed E-state index contributed by atoms with van der Waals surface area (Å²) in [6.45, 7) is 4.41. The van der Waals surface area contributed by atoms with E-state index in [4.69, 9.17) is 9.84 Å².